The van der Waals surface area contributed by atoms with Gasteiger partial charge in [0.2, 0.25) is 0 Å². The van der Waals surface area contributed by atoms with Gasteiger partial charge in [0.15, 0.2) is 6.29 Å². The third kappa shape index (κ3) is 4.57. The Morgan fingerprint density at radius 3 is 2.38 bits per heavy atom. The molecule has 0 aliphatic rings. The smallest absolute Gasteiger partial charge is 0.159 e. The molecule has 88 valence electrons. The highest BCUT2D eigenvalue weighted by Gasteiger charge is 2.09. The van der Waals surface area contributed by atoms with Crippen molar-refractivity contribution in [2.45, 2.75) is 18.8 Å². The van der Waals surface area contributed by atoms with Crippen LogP contribution in [-0.2, 0) is 9.47 Å². The van der Waals surface area contributed by atoms with Crippen molar-refractivity contribution < 1.29 is 14.6 Å². The molecule has 0 fully saturated rings. The van der Waals surface area contributed by atoms with Crippen molar-refractivity contribution in [1.29, 1.82) is 0 Å². The lowest BCUT2D eigenvalue weighted by Gasteiger charge is -2.15. The molecule has 3 heteroatoms. The summed E-state index contributed by atoms with van der Waals surface area (Å²) in [7, 11) is 3.11. The Morgan fingerprint density at radius 1 is 1.19 bits per heavy atom. The standard InChI is InChI=1S/C13H18O3/c1-15-13(16-2)10-12(14)9-8-11-6-4-3-5-7-11/h3-9,12-14H,10H2,1-2H3/b9-8+/t12-/m0/s1. The third-order valence-corrected chi connectivity index (χ3v) is 2.27. The summed E-state index contributed by atoms with van der Waals surface area (Å²) in [5.41, 5.74) is 1.06. The zero-order valence-electron chi connectivity index (χ0n) is 9.67. The first-order chi connectivity index (χ1) is 7.76. The number of rotatable bonds is 6. The second-order valence-corrected chi connectivity index (χ2v) is 3.47. The van der Waals surface area contributed by atoms with Crippen LogP contribution in [0.15, 0.2) is 36.4 Å². The van der Waals surface area contributed by atoms with Crippen LogP contribution in [-0.4, -0.2) is 31.7 Å². The monoisotopic (exact) mass is 222 g/mol. The highest BCUT2D eigenvalue weighted by molar-refractivity contribution is 5.49. The quantitative estimate of drug-likeness (QED) is 0.749. The lowest BCUT2D eigenvalue weighted by Crippen LogP contribution is -2.19. The van der Waals surface area contributed by atoms with E-state index in [0.29, 0.717) is 6.42 Å². The number of aliphatic hydroxyl groups is 1. The van der Waals surface area contributed by atoms with Crippen LogP contribution >= 0.6 is 0 Å². The molecule has 16 heavy (non-hydrogen) atoms. The average Bonchev–Trinajstić information content (AvgIpc) is 2.34. The predicted molar refractivity (Wildman–Crippen MR) is 63.9 cm³/mol. The number of hydrogen-bond donors (Lipinski definition) is 1. The van der Waals surface area contributed by atoms with Crippen LogP contribution in [0.4, 0.5) is 0 Å². The summed E-state index contributed by atoms with van der Waals surface area (Å²) in [5, 5.41) is 9.70. The molecule has 0 unspecified atom stereocenters. The number of methoxy groups -OCH3 is 2. The van der Waals surface area contributed by atoms with Crippen LogP contribution in [0.3, 0.4) is 0 Å². The van der Waals surface area contributed by atoms with Gasteiger partial charge in [0.25, 0.3) is 0 Å². The largest absolute Gasteiger partial charge is 0.389 e. The van der Waals surface area contributed by atoms with Crippen LogP contribution in [0, 0.1) is 0 Å². The van der Waals surface area contributed by atoms with Crippen molar-refractivity contribution in [3.63, 3.8) is 0 Å². The number of benzene rings is 1. The Morgan fingerprint density at radius 2 is 1.81 bits per heavy atom. The minimum absolute atomic E-state index is 0.365. The van der Waals surface area contributed by atoms with Gasteiger partial charge < -0.3 is 14.6 Å². The number of hydrogen-bond acceptors (Lipinski definition) is 3. The van der Waals surface area contributed by atoms with E-state index in [1.165, 1.54) is 0 Å². The summed E-state index contributed by atoms with van der Waals surface area (Å²) in [5.74, 6) is 0. The Hall–Kier alpha value is -1.16. The fourth-order valence-electron chi connectivity index (χ4n) is 1.35. The lowest BCUT2D eigenvalue weighted by atomic mass is 10.1. The van der Waals surface area contributed by atoms with Crippen LogP contribution in [0.5, 0.6) is 0 Å². The van der Waals surface area contributed by atoms with E-state index < -0.39 is 6.10 Å². The van der Waals surface area contributed by atoms with Gasteiger partial charge in [0.1, 0.15) is 0 Å². The molecule has 1 atom stereocenters. The second-order valence-electron chi connectivity index (χ2n) is 3.47. The Kier molecular flexibility index (Phi) is 5.78. The van der Waals surface area contributed by atoms with Gasteiger partial charge in [-0.15, -0.1) is 0 Å². The third-order valence-electron chi connectivity index (χ3n) is 2.27. The maximum Gasteiger partial charge on any atom is 0.159 e. The fraction of sp³-hybridized carbons (Fsp3) is 0.385. The molecule has 0 heterocycles. The highest BCUT2D eigenvalue weighted by atomic mass is 16.7. The molecule has 0 saturated heterocycles. The van der Waals surface area contributed by atoms with Gasteiger partial charge in [-0.3, -0.25) is 0 Å². The molecular weight excluding hydrogens is 204 g/mol. The van der Waals surface area contributed by atoms with Gasteiger partial charge in [-0.1, -0.05) is 42.5 Å². The molecule has 0 radical (unpaired) electrons. The van der Waals surface area contributed by atoms with Gasteiger partial charge in [-0.2, -0.15) is 0 Å². The molecule has 0 aromatic heterocycles. The molecular formula is C13H18O3. The van der Waals surface area contributed by atoms with Crippen LogP contribution < -0.4 is 0 Å². The van der Waals surface area contributed by atoms with Gasteiger partial charge in [0.05, 0.1) is 6.10 Å². The van der Waals surface area contributed by atoms with E-state index in [-0.39, 0.29) is 6.29 Å². The molecule has 0 bridgehead atoms. The molecule has 0 spiro atoms. The van der Waals surface area contributed by atoms with Crippen LogP contribution in [0.1, 0.15) is 12.0 Å². The van der Waals surface area contributed by atoms with E-state index in [1.807, 2.05) is 36.4 Å². The average molecular weight is 222 g/mol. The van der Waals surface area contributed by atoms with Crippen molar-refractivity contribution in [3.05, 3.63) is 42.0 Å². The summed E-state index contributed by atoms with van der Waals surface area (Å²) >= 11 is 0. The van der Waals surface area contributed by atoms with Crippen molar-refractivity contribution >= 4 is 6.08 Å². The zero-order valence-corrected chi connectivity index (χ0v) is 9.67. The predicted octanol–water partition coefficient (Wildman–Crippen LogP) is 2.07. The van der Waals surface area contributed by atoms with E-state index in [4.69, 9.17) is 9.47 Å². The normalized spacial score (nSPS) is 13.5. The van der Waals surface area contributed by atoms with Gasteiger partial charge >= 0.3 is 0 Å². The Labute approximate surface area is 96.3 Å². The van der Waals surface area contributed by atoms with E-state index in [0.717, 1.165) is 5.56 Å². The Bertz CT molecular complexity index is 304. The minimum Gasteiger partial charge on any atom is -0.389 e. The second kappa shape index (κ2) is 7.17. The number of aliphatic hydroxyl groups excluding tert-OH is 1. The molecule has 1 N–H and O–H groups in total. The summed E-state index contributed by atoms with van der Waals surface area (Å²) < 4.78 is 10.0. The molecule has 1 aromatic carbocycles. The zero-order chi connectivity index (χ0) is 11.8. The summed E-state index contributed by atoms with van der Waals surface area (Å²) in [6, 6.07) is 9.83. The fourth-order valence-corrected chi connectivity index (χ4v) is 1.35. The summed E-state index contributed by atoms with van der Waals surface area (Å²) in [4.78, 5) is 0. The first-order valence-electron chi connectivity index (χ1n) is 5.23. The topological polar surface area (TPSA) is 38.7 Å². The first-order valence-corrected chi connectivity index (χ1v) is 5.23. The summed E-state index contributed by atoms with van der Waals surface area (Å²) in [6.07, 6.45) is 3.12. The van der Waals surface area contributed by atoms with Gasteiger partial charge in [-0.05, 0) is 5.56 Å². The first kappa shape index (κ1) is 12.9. The van der Waals surface area contributed by atoms with Crippen LogP contribution in [0.2, 0.25) is 0 Å². The van der Waals surface area contributed by atoms with Gasteiger partial charge in [-0.25, -0.2) is 0 Å². The van der Waals surface area contributed by atoms with E-state index in [9.17, 15) is 5.11 Å². The van der Waals surface area contributed by atoms with Crippen molar-refractivity contribution in [2.24, 2.45) is 0 Å². The van der Waals surface area contributed by atoms with E-state index in [2.05, 4.69) is 0 Å². The molecule has 0 aliphatic carbocycles. The molecule has 1 aromatic rings. The van der Waals surface area contributed by atoms with E-state index in [1.54, 1.807) is 20.3 Å². The molecule has 0 saturated carbocycles. The van der Waals surface area contributed by atoms with Crippen molar-refractivity contribution in [3.8, 4) is 0 Å². The number of ether oxygens (including phenoxy) is 2. The molecule has 0 aliphatic heterocycles. The van der Waals surface area contributed by atoms with Crippen molar-refractivity contribution in [1.82, 2.24) is 0 Å². The van der Waals surface area contributed by atoms with Crippen LogP contribution in [0.25, 0.3) is 6.08 Å². The van der Waals surface area contributed by atoms with Gasteiger partial charge in [0, 0.05) is 20.6 Å². The van der Waals surface area contributed by atoms with E-state index >= 15 is 0 Å². The minimum atomic E-state index is -0.565. The SMILES string of the molecule is COC(C[C@@H](O)/C=C/c1ccccc1)OC. The lowest BCUT2D eigenvalue weighted by molar-refractivity contribution is -0.117. The molecule has 0 amide bonds. The van der Waals surface area contributed by atoms with Crippen molar-refractivity contribution in [2.75, 3.05) is 14.2 Å². The maximum absolute atomic E-state index is 9.70. The highest BCUT2D eigenvalue weighted by Crippen LogP contribution is 2.07. The molecule has 1 rings (SSSR count). The molecule has 3 nitrogen and oxygen atoms in total. The maximum atomic E-state index is 9.70. The summed E-state index contributed by atoms with van der Waals surface area (Å²) in [6.45, 7) is 0. The Balaban J connectivity index is 2.45.